The predicted molar refractivity (Wildman–Crippen MR) is 88.3 cm³/mol. The fourth-order valence-electron chi connectivity index (χ4n) is 7.80. The van der Waals surface area contributed by atoms with Crippen LogP contribution in [0.2, 0.25) is 0 Å². The number of esters is 2. The number of methoxy groups -OCH3 is 1. The Morgan fingerprint density at radius 3 is 2.84 bits per heavy atom. The number of rotatable bonds is 1. The average Bonchev–Trinajstić information content (AvgIpc) is 2.95. The third-order valence-corrected chi connectivity index (χ3v) is 8.59. The van der Waals surface area contributed by atoms with Crippen molar-refractivity contribution in [3.63, 3.8) is 0 Å². The summed E-state index contributed by atoms with van der Waals surface area (Å²) < 4.78 is 11.4. The van der Waals surface area contributed by atoms with Crippen LogP contribution in [-0.2, 0) is 19.1 Å². The van der Waals surface area contributed by atoms with E-state index in [1.54, 1.807) is 0 Å². The number of carbonyl (C=O) groups is 2. The van der Waals surface area contributed by atoms with Gasteiger partial charge in [0.25, 0.3) is 0 Å². The second-order valence-corrected chi connectivity index (χ2v) is 9.41. The zero-order valence-corrected chi connectivity index (χ0v) is 15.0. The lowest BCUT2D eigenvalue weighted by Crippen LogP contribution is -2.48. The Bertz CT molecular complexity index is 715. The molecule has 136 valence electrons. The molecule has 1 heterocycles. The molecular formula is C20H26O5. The number of aliphatic hydroxyl groups is 1. The Labute approximate surface area is 147 Å². The van der Waals surface area contributed by atoms with Gasteiger partial charge in [0.15, 0.2) is 0 Å². The van der Waals surface area contributed by atoms with Gasteiger partial charge in [-0.15, -0.1) is 0 Å². The molecule has 1 spiro atoms. The van der Waals surface area contributed by atoms with Gasteiger partial charge in [0, 0.05) is 11.8 Å². The van der Waals surface area contributed by atoms with Gasteiger partial charge in [-0.1, -0.05) is 6.58 Å². The number of carbonyl (C=O) groups excluding carboxylic acids is 2. The highest BCUT2D eigenvalue weighted by molar-refractivity contribution is 5.85. The largest absolute Gasteiger partial charge is 0.469 e. The molecule has 4 aliphatic carbocycles. The summed E-state index contributed by atoms with van der Waals surface area (Å²) in [4.78, 5) is 25.8. The minimum absolute atomic E-state index is 0.111. The van der Waals surface area contributed by atoms with Gasteiger partial charge in [-0.25, -0.2) is 0 Å². The average molecular weight is 346 g/mol. The Morgan fingerprint density at radius 1 is 1.36 bits per heavy atom. The van der Waals surface area contributed by atoms with E-state index < -0.39 is 22.5 Å². The molecule has 1 saturated heterocycles. The van der Waals surface area contributed by atoms with E-state index in [-0.39, 0.29) is 29.2 Å². The second-order valence-electron chi connectivity index (χ2n) is 9.41. The Morgan fingerprint density at radius 2 is 2.12 bits per heavy atom. The highest BCUT2D eigenvalue weighted by Crippen LogP contribution is 2.78. The van der Waals surface area contributed by atoms with Crippen LogP contribution in [0.15, 0.2) is 12.2 Å². The van der Waals surface area contributed by atoms with Gasteiger partial charge >= 0.3 is 11.9 Å². The third-order valence-electron chi connectivity index (χ3n) is 8.59. The first-order valence-electron chi connectivity index (χ1n) is 9.45. The minimum Gasteiger partial charge on any atom is -0.469 e. The third kappa shape index (κ3) is 1.48. The molecule has 25 heavy (non-hydrogen) atoms. The molecule has 0 aromatic rings. The highest BCUT2D eigenvalue weighted by Gasteiger charge is 2.82. The number of ether oxygens (including phenoxy) is 2. The van der Waals surface area contributed by atoms with E-state index in [4.69, 9.17) is 9.47 Å². The van der Waals surface area contributed by atoms with Crippen LogP contribution in [0.25, 0.3) is 0 Å². The van der Waals surface area contributed by atoms with Gasteiger partial charge in [-0.3, -0.25) is 9.59 Å². The van der Waals surface area contributed by atoms with Crippen LogP contribution >= 0.6 is 0 Å². The summed E-state index contributed by atoms with van der Waals surface area (Å²) in [6, 6.07) is 0. The first kappa shape index (κ1) is 15.9. The van der Waals surface area contributed by atoms with Crippen molar-refractivity contribution in [1.82, 2.24) is 0 Å². The van der Waals surface area contributed by atoms with Crippen LogP contribution < -0.4 is 0 Å². The molecule has 5 fully saturated rings. The molecule has 0 unspecified atom stereocenters. The summed E-state index contributed by atoms with van der Waals surface area (Å²) in [6.45, 7) is 6.12. The second kappa shape index (κ2) is 4.30. The summed E-state index contributed by atoms with van der Waals surface area (Å²) in [5.74, 6) is -0.823. The van der Waals surface area contributed by atoms with E-state index in [0.29, 0.717) is 19.3 Å². The fraction of sp³-hybridized carbons (Fsp3) is 0.800. The standard InChI is InChI=1S/C20H26O5/c1-11-9-18-10-19(11,23)8-5-12(18)20-7-4-6-17(2,16(22)25-20)14(20)13(18)15(21)24-3/h12-14,23H,1,4-10H2,2-3H3/t12-,13-,14-,17-,18+,19+,20-/m1/s1. The van der Waals surface area contributed by atoms with Gasteiger partial charge < -0.3 is 14.6 Å². The van der Waals surface area contributed by atoms with E-state index in [1.807, 2.05) is 6.92 Å². The van der Waals surface area contributed by atoms with Crippen molar-refractivity contribution in [3.8, 4) is 0 Å². The molecule has 0 radical (unpaired) electrons. The Hall–Kier alpha value is -1.36. The molecule has 0 aromatic heterocycles. The molecule has 1 N–H and O–H groups in total. The summed E-state index contributed by atoms with van der Waals surface area (Å²) in [7, 11) is 1.42. The van der Waals surface area contributed by atoms with Crippen LogP contribution in [0.4, 0.5) is 0 Å². The molecule has 4 saturated carbocycles. The van der Waals surface area contributed by atoms with Crippen molar-refractivity contribution < 1.29 is 24.2 Å². The van der Waals surface area contributed by atoms with Crippen LogP contribution in [0.1, 0.15) is 51.9 Å². The van der Waals surface area contributed by atoms with Crippen molar-refractivity contribution >= 4 is 11.9 Å². The van der Waals surface area contributed by atoms with Gasteiger partial charge in [0.05, 0.1) is 24.0 Å². The maximum absolute atomic E-state index is 13.0. The van der Waals surface area contributed by atoms with E-state index in [2.05, 4.69) is 6.58 Å². The Balaban J connectivity index is 1.75. The molecule has 5 heteroatoms. The normalized spacial score (nSPS) is 55.6. The Kier molecular flexibility index (Phi) is 2.73. The molecular weight excluding hydrogens is 320 g/mol. The molecule has 0 amide bonds. The summed E-state index contributed by atoms with van der Waals surface area (Å²) >= 11 is 0. The molecule has 1 aliphatic heterocycles. The van der Waals surface area contributed by atoms with Gasteiger partial charge in [-0.05, 0) is 62.9 Å². The predicted octanol–water partition coefficient (Wildman–Crippen LogP) is 2.37. The molecule has 0 aromatic carbocycles. The topological polar surface area (TPSA) is 72.8 Å². The van der Waals surface area contributed by atoms with E-state index >= 15 is 0 Å². The maximum atomic E-state index is 13.0. The van der Waals surface area contributed by atoms with Crippen molar-refractivity contribution in [2.24, 2.45) is 28.6 Å². The quantitative estimate of drug-likeness (QED) is 0.583. The smallest absolute Gasteiger partial charge is 0.312 e. The number of hydrogen-bond donors (Lipinski definition) is 1. The first-order chi connectivity index (χ1) is 11.7. The monoisotopic (exact) mass is 346 g/mol. The lowest BCUT2D eigenvalue weighted by molar-refractivity contribution is -0.163. The summed E-state index contributed by atoms with van der Waals surface area (Å²) in [5.41, 5.74) is -1.60. The SMILES string of the molecule is C=C1C[C@]23C[C@@]1(O)CC[C@H]2[C@@]12CCC[C@@](C)(C(=O)O1)[C@H]2[C@@H]3C(=O)OC. The highest BCUT2D eigenvalue weighted by atomic mass is 16.6. The van der Waals surface area contributed by atoms with Crippen molar-refractivity contribution in [3.05, 3.63) is 12.2 Å². The summed E-state index contributed by atoms with van der Waals surface area (Å²) in [6.07, 6.45) is 5.15. The van der Waals surface area contributed by atoms with E-state index in [9.17, 15) is 14.7 Å². The van der Waals surface area contributed by atoms with Crippen molar-refractivity contribution in [2.45, 2.75) is 63.1 Å². The van der Waals surface area contributed by atoms with Crippen LogP contribution in [0.5, 0.6) is 0 Å². The van der Waals surface area contributed by atoms with Gasteiger partial charge in [0.1, 0.15) is 5.60 Å². The van der Waals surface area contributed by atoms with E-state index in [0.717, 1.165) is 31.3 Å². The molecule has 5 nitrogen and oxygen atoms in total. The zero-order chi connectivity index (χ0) is 17.8. The van der Waals surface area contributed by atoms with E-state index in [1.165, 1.54) is 7.11 Å². The number of fused-ring (bicyclic) bond motifs is 1. The van der Waals surface area contributed by atoms with Gasteiger partial charge in [-0.2, -0.15) is 0 Å². The number of hydrogen-bond acceptors (Lipinski definition) is 5. The molecule has 5 aliphatic rings. The lowest BCUT2D eigenvalue weighted by Gasteiger charge is -2.45. The fourth-order valence-corrected chi connectivity index (χ4v) is 7.80. The van der Waals surface area contributed by atoms with Crippen LogP contribution in [0.3, 0.4) is 0 Å². The maximum Gasteiger partial charge on any atom is 0.312 e. The summed E-state index contributed by atoms with van der Waals surface area (Å²) in [5, 5.41) is 11.1. The lowest BCUT2D eigenvalue weighted by atomic mass is 9.60. The van der Waals surface area contributed by atoms with Crippen LogP contribution in [0, 0.1) is 28.6 Å². The first-order valence-corrected chi connectivity index (χ1v) is 9.45. The molecule has 4 bridgehead atoms. The zero-order valence-electron chi connectivity index (χ0n) is 15.0. The molecule has 7 atom stereocenters. The van der Waals surface area contributed by atoms with Gasteiger partial charge in [0.2, 0.25) is 0 Å². The molecule has 5 rings (SSSR count). The van der Waals surface area contributed by atoms with Crippen molar-refractivity contribution in [2.75, 3.05) is 7.11 Å². The van der Waals surface area contributed by atoms with Crippen LogP contribution in [-0.4, -0.2) is 35.4 Å². The minimum atomic E-state index is -0.878. The van der Waals surface area contributed by atoms with Crippen molar-refractivity contribution in [1.29, 1.82) is 0 Å².